The molecule has 1 aliphatic rings. The smallest absolute Gasteiger partial charge is 0.180 e. The van der Waals surface area contributed by atoms with Crippen LogP contribution in [0.25, 0.3) is 0 Å². The Morgan fingerprint density at radius 1 is 1.62 bits per heavy atom. The molecule has 6 heteroatoms. The van der Waals surface area contributed by atoms with Crippen molar-refractivity contribution in [2.24, 2.45) is 5.73 Å². The van der Waals surface area contributed by atoms with Gasteiger partial charge in [-0.15, -0.1) is 5.10 Å². The minimum absolute atomic E-state index is 0.0709. The van der Waals surface area contributed by atoms with Gasteiger partial charge in [-0.05, 0) is 23.3 Å². The third-order valence-electron chi connectivity index (χ3n) is 2.12. The highest BCUT2D eigenvalue weighted by Crippen LogP contribution is 2.25. The van der Waals surface area contributed by atoms with Crippen LogP contribution in [0.1, 0.15) is 24.8 Å². The lowest BCUT2D eigenvalue weighted by atomic mass is 10.2. The standard InChI is InChI=1S/C7H13N5O/c8-3-4-12-7(9-10-11-12)6-2-1-5-13-6/h6H,1-5,8H2. The number of hydrogen-bond donors (Lipinski definition) is 1. The van der Waals surface area contributed by atoms with E-state index in [2.05, 4.69) is 15.5 Å². The molecule has 0 saturated carbocycles. The highest BCUT2D eigenvalue weighted by molar-refractivity contribution is 4.90. The molecule has 0 radical (unpaired) electrons. The molecule has 0 aliphatic carbocycles. The van der Waals surface area contributed by atoms with Crippen LogP contribution >= 0.6 is 0 Å². The second-order valence-electron chi connectivity index (χ2n) is 3.05. The van der Waals surface area contributed by atoms with E-state index < -0.39 is 0 Å². The van der Waals surface area contributed by atoms with E-state index in [4.69, 9.17) is 10.5 Å². The average Bonchev–Trinajstić information content (AvgIpc) is 2.71. The van der Waals surface area contributed by atoms with Crippen LogP contribution in [0.2, 0.25) is 0 Å². The number of hydrogen-bond acceptors (Lipinski definition) is 5. The normalized spacial score (nSPS) is 22.4. The fraction of sp³-hybridized carbons (Fsp3) is 0.857. The first kappa shape index (κ1) is 8.58. The van der Waals surface area contributed by atoms with Crippen LogP contribution in [0.5, 0.6) is 0 Å². The summed E-state index contributed by atoms with van der Waals surface area (Å²) in [5, 5.41) is 11.4. The molecule has 6 nitrogen and oxygen atoms in total. The van der Waals surface area contributed by atoms with Gasteiger partial charge in [-0.2, -0.15) is 0 Å². The first-order valence-electron chi connectivity index (χ1n) is 4.49. The Morgan fingerprint density at radius 2 is 2.54 bits per heavy atom. The molecule has 1 atom stereocenters. The zero-order valence-electron chi connectivity index (χ0n) is 7.39. The molecule has 1 unspecified atom stereocenters. The number of ether oxygens (including phenoxy) is 1. The van der Waals surface area contributed by atoms with Gasteiger partial charge in [0.1, 0.15) is 6.10 Å². The van der Waals surface area contributed by atoms with Gasteiger partial charge in [-0.3, -0.25) is 0 Å². The van der Waals surface area contributed by atoms with E-state index in [-0.39, 0.29) is 6.10 Å². The monoisotopic (exact) mass is 183 g/mol. The topological polar surface area (TPSA) is 78.9 Å². The molecule has 2 heterocycles. The molecule has 1 aliphatic heterocycles. The third kappa shape index (κ3) is 1.68. The Labute approximate surface area is 76.1 Å². The second-order valence-corrected chi connectivity index (χ2v) is 3.05. The van der Waals surface area contributed by atoms with E-state index in [1.165, 1.54) is 0 Å². The quantitative estimate of drug-likeness (QED) is 0.682. The predicted molar refractivity (Wildman–Crippen MR) is 44.8 cm³/mol. The molecule has 1 fully saturated rings. The molecule has 0 spiro atoms. The van der Waals surface area contributed by atoms with Gasteiger partial charge in [0.2, 0.25) is 0 Å². The van der Waals surface area contributed by atoms with Gasteiger partial charge in [0.15, 0.2) is 5.82 Å². The minimum Gasteiger partial charge on any atom is -0.370 e. The average molecular weight is 183 g/mol. The highest BCUT2D eigenvalue weighted by Gasteiger charge is 2.23. The summed E-state index contributed by atoms with van der Waals surface area (Å²) >= 11 is 0. The van der Waals surface area contributed by atoms with Gasteiger partial charge in [0.25, 0.3) is 0 Å². The minimum atomic E-state index is 0.0709. The SMILES string of the molecule is NCCn1nnnc1C1CCCO1. The van der Waals surface area contributed by atoms with Crippen molar-refractivity contribution in [3.8, 4) is 0 Å². The Hall–Kier alpha value is -1.01. The molecule has 2 N–H and O–H groups in total. The summed E-state index contributed by atoms with van der Waals surface area (Å²) < 4.78 is 7.20. The van der Waals surface area contributed by atoms with Crippen molar-refractivity contribution in [3.05, 3.63) is 5.82 Å². The molecular formula is C7H13N5O. The Balaban J connectivity index is 2.13. The second kappa shape index (κ2) is 3.80. The van der Waals surface area contributed by atoms with Crippen LogP contribution in [0.3, 0.4) is 0 Å². The lowest BCUT2D eigenvalue weighted by molar-refractivity contribution is 0.101. The molecule has 1 saturated heterocycles. The largest absolute Gasteiger partial charge is 0.370 e. The molecule has 0 amide bonds. The summed E-state index contributed by atoms with van der Waals surface area (Å²) in [4.78, 5) is 0. The lowest BCUT2D eigenvalue weighted by Gasteiger charge is -2.08. The van der Waals surface area contributed by atoms with E-state index in [0.717, 1.165) is 25.3 Å². The van der Waals surface area contributed by atoms with Gasteiger partial charge in [-0.25, -0.2) is 4.68 Å². The number of tetrazole rings is 1. The maximum Gasteiger partial charge on any atom is 0.180 e. The Kier molecular flexibility index (Phi) is 2.51. The van der Waals surface area contributed by atoms with Crippen LogP contribution in [-0.2, 0) is 11.3 Å². The van der Waals surface area contributed by atoms with Gasteiger partial charge in [-0.1, -0.05) is 0 Å². The lowest BCUT2D eigenvalue weighted by Crippen LogP contribution is -2.16. The summed E-state index contributed by atoms with van der Waals surface area (Å²) in [5.74, 6) is 0.808. The molecule has 0 bridgehead atoms. The van der Waals surface area contributed by atoms with Crippen molar-refractivity contribution in [2.45, 2.75) is 25.5 Å². The van der Waals surface area contributed by atoms with Crippen LogP contribution in [-0.4, -0.2) is 33.4 Å². The van der Waals surface area contributed by atoms with Gasteiger partial charge in [0.05, 0.1) is 6.54 Å². The van der Waals surface area contributed by atoms with E-state index >= 15 is 0 Å². The zero-order valence-corrected chi connectivity index (χ0v) is 7.39. The van der Waals surface area contributed by atoms with Crippen molar-refractivity contribution < 1.29 is 4.74 Å². The number of nitrogens with zero attached hydrogens (tertiary/aromatic N) is 4. The molecule has 0 aromatic carbocycles. The molecule has 72 valence electrons. The van der Waals surface area contributed by atoms with Crippen molar-refractivity contribution >= 4 is 0 Å². The summed E-state index contributed by atoms with van der Waals surface area (Å²) in [6.45, 7) is 2.01. The maximum absolute atomic E-state index is 5.48. The summed E-state index contributed by atoms with van der Waals surface area (Å²) in [7, 11) is 0. The van der Waals surface area contributed by atoms with E-state index in [0.29, 0.717) is 13.1 Å². The first-order chi connectivity index (χ1) is 6.42. The Morgan fingerprint density at radius 3 is 3.23 bits per heavy atom. The first-order valence-corrected chi connectivity index (χ1v) is 4.49. The van der Waals surface area contributed by atoms with E-state index in [9.17, 15) is 0 Å². The Bertz CT molecular complexity index is 268. The van der Waals surface area contributed by atoms with Crippen molar-refractivity contribution in [3.63, 3.8) is 0 Å². The molecular weight excluding hydrogens is 170 g/mol. The predicted octanol–water partition coefficient (Wildman–Crippen LogP) is -0.517. The summed E-state index contributed by atoms with van der Waals surface area (Å²) in [6, 6.07) is 0. The number of aromatic nitrogens is 4. The fourth-order valence-electron chi connectivity index (χ4n) is 1.50. The van der Waals surface area contributed by atoms with Gasteiger partial charge in [0, 0.05) is 13.2 Å². The highest BCUT2D eigenvalue weighted by atomic mass is 16.5. The molecule has 13 heavy (non-hydrogen) atoms. The van der Waals surface area contributed by atoms with Crippen molar-refractivity contribution in [2.75, 3.05) is 13.2 Å². The molecule has 2 rings (SSSR count). The number of nitrogens with two attached hydrogens (primary N) is 1. The summed E-state index contributed by atoms with van der Waals surface area (Å²) in [6.07, 6.45) is 2.16. The van der Waals surface area contributed by atoms with Crippen molar-refractivity contribution in [1.29, 1.82) is 0 Å². The molecule has 1 aromatic heterocycles. The third-order valence-corrected chi connectivity index (χ3v) is 2.12. The van der Waals surface area contributed by atoms with Crippen LogP contribution in [0.4, 0.5) is 0 Å². The van der Waals surface area contributed by atoms with E-state index in [1.54, 1.807) is 4.68 Å². The van der Waals surface area contributed by atoms with Gasteiger partial charge < -0.3 is 10.5 Å². The van der Waals surface area contributed by atoms with Crippen molar-refractivity contribution in [1.82, 2.24) is 20.2 Å². The van der Waals surface area contributed by atoms with E-state index in [1.807, 2.05) is 0 Å². The molecule has 1 aromatic rings. The van der Waals surface area contributed by atoms with Crippen LogP contribution in [0.15, 0.2) is 0 Å². The fourth-order valence-corrected chi connectivity index (χ4v) is 1.50. The maximum atomic E-state index is 5.48. The van der Waals surface area contributed by atoms with Crippen LogP contribution in [0, 0.1) is 0 Å². The zero-order chi connectivity index (χ0) is 9.10. The van der Waals surface area contributed by atoms with Crippen LogP contribution < -0.4 is 5.73 Å². The summed E-state index contributed by atoms with van der Waals surface area (Å²) in [5.41, 5.74) is 5.43. The number of rotatable bonds is 3. The van der Waals surface area contributed by atoms with Gasteiger partial charge >= 0.3 is 0 Å².